The van der Waals surface area contributed by atoms with Crippen LogP contribution in [-0.2, 0) is 0 Å². The molecule has 0 atom stereocenters. The molecule has 0 spiro atoms. The van der Waals surface area contributed by atoms with Gasteiger partial charge in [-0.25, -0.2) is 0 Å². The Bertz CT molecular complexity index is 640. The Hall–Kier alpha value is -1.81. The summed E-state index contributed by atoms with van der Waals surface area (Å²) in [7, 11) is 3.63. The molecule has 0 fully saturated rings. The number of rotatable bonds is 4. The largest absolute Gasteiger partial charge is 0.497 e. The zero-order valence-electron chi connectivity index (χ0n) is 11.7. The molecular formula is C16H16BrNO2. The van der Waals surface area contributed by atoms with Crippen LogP contribution in [0.1, 0.15) is 17.3 Å². The minimum absolute atomic E-state index is 0.0486. The topological polar surface area (TPSA) is 29.5 Å². The van der Waals surface area contributed by atoms with Crippen LogP contribution in [0.3, 0.4) is 0 Å². The number of hydrogen-bond donors (Lipinski definition) is 0. The zero-order valence-corrected chi connectivity index (χ0v) is 13.3. The number of hydrogen-bond acceptors (Lipinski definition) is 3. The number of carbonyl (C=O) groups is 1. The third-order valence-electron chi connectivity index (χ3n) is 3.16. The number of Topliss-reactive ketones (excluding diaryl/α,β-unsaturated/α-hetero) is 1. The number of ketones is 1. The van der Waals surface area contributed by atoms with Gasteiger partial charge in [0.15, 0.2) is 5.78 Å². The van der Waals surface area contributed by atoms with Crippen molar-refractivity contribution in [3.05, 3.63) is 52.5 Å². The SMILES string of the molecule is COc1cccc(N(C)c2ccc(C(C)=O)c(Br)c2)c1. The second-order valence-corrected chi connectivity index (χ2v) is 5.34. The molecule has 3 nitrogen and oxygen atoms in total. The normalized spacial score (nSPS) is 10.2. The molecule has 0 saturated heterocycles. The first-order chi connectivity index (χ1) is 9.52. The first-order valence-corrected chi connectivity index (χ1v) is 7.00. The molecule has 0 unspecified atom stereocenters. The fourth-order valence-electron chi connectivity index (χ4n) is 1.97. The molecule has 2 aromatic carbocycles. The lowest BCUT2D eigenvalue weighted by atomic mass is 10.1. The van der Waals surface area contributed by atoms with Gasteiger partial charge in [-0.05, 0) is 53.2 Å². The Labute approximate surface area is 127 Å². The number of carbonyl (C=O) groups excluding carboxylic acids is 1. The van der Waals surface area contributed by atoms with E-state index < -0.39 is 0 Å². The fourth-order valence-corrected chi connectivity index (χ4v) is 2.61. The molecule has 0 amide bonds. The summed E-state index contributed by atoms with van der Waals surface area (Å²) < 4.78 is 6.04. The van der Waals surface area contributed by atoms with Gasteiger partial charge in [-0.2, -0.15) is 0 Å². The number of nitrogens with zero attached hydrogens (tertiary/aromatic N) is 1. The summed E-state index contributed by atoms with van der Waals surface area (Å²) in [6, 6.07) is 13.5. The zero-order chi connectivity index (χ0) is 14.7. The van der Waals surface area contributed by atoms with Crippen molar-refractivity contribution in [3.8, 4) is 5.75 Å². The summed E-state index contributed by atoms with van der Waals surface area (Å²) in [5, 5.41) is 0. The first kappa shape index (κ1) is 14.6. The van der Waals surface area contributed by atoms with Gasteiger partial charge in [-0.3, -0.25) is 4.79 Å². The van der Waals surface area contributed by atoms with E-state index in [9.17, 15) is 4.79 Å². The summed E-state index contributed by atoms with van der Waals surface area (Å²) in [6.07, 6.45) is 0. The highest BCUT2D eigenvalue weighted by molar-refractivity contribution is 9.10. The fraction of sp³-hybridized carbons (Fsp3) is 0.188. The van der Waals surface area contributed by atoms with Crippen LogP contribution in [0.2, 0.25) is 0 Å². The Morgan fingerprint density at radius 3 is 2.45 bits per heavy atom. The molecule has 4 heteroatoms. The second-order valence-electron chi connectivity index (χ2n) is 4.48. The molecule has 0 radical (unpaired) electrons. The second kappa shape index (κ2) is 6.09. The van der Waals surface area contributed by atoms with Crippen molar-refractivity contribution in [2.75, 3.05) is 19.1 Å². The van der Waals surface area contributed by atoms with E-state index in [1.165, 1.54) is 0 Å². The molecule has 0 aromatic heterocycles. The van der Waals surface area contributed by atoms with Gasteiger partial charge < -0.3 is 9.64 Å². The molecule has 0 heterocycles. The van der Waals surface area contributed by atoms with Crippen LogP contribution < -0.4 is 9.64 Å². The Morgan fingerprint density at radius 2 is 1.85 bits per heavy atom. The van der Waals surface area contributed by atoms with Crippen LogP contribution in [-0.4, -0.2) is 19.9 Å². The molecule has 0 aliphatic rings. The monoisotopic (exact) mass is 333 g/mol. The van der Waals surface area contributed by atoms with Gasteiger partial charge in [0.05, 0.1) is 7.11 Å². The quantitative estimate of drug-likeness (QED) is 0.775. The van der Waals surface area contributed by atoms with E-state index in [2.05, 4.69) is 15.9 Å². The maximum absolute atomic E-state index is 11.4. The molecule has 2 rings (SSSR count). The van der Waals surface area contributed by atoms with Crippen LogP contribution >= 0.6 is 15.9 Å². The van der Waals surface area contributed by atoms with Crippen LogP contribution in [0.4, 0.5) is 11.4 Å². The van der Waals surface area contributed by atoms with Gasteiger partial charge in [0.25, 0.3) is 0 Å². The molecule has 0 bridgehead atoms. The van der Waals surface area contributed by atoms with Crippen LogP contribution in [0.5, 0.6) is 5.75 Å². The third-order valence-corrected chi connectivity index (χ3v) is 3.82. The highest BCUT2D eigenvalue weighted by atomic mass is 79.9. The molecule has 20 heavy (non-hydrogen) atoms. The minimum Gasteiger partial charge on any atom is -0.497 e. The summed E-state index contributed by atoms with van der Waals surface area (Å²) in [5.41, 5.74) is 2.70. The van der Waals surface area contributed by atoms with E-state index in [0.29, 0.717) is 5.56 Å². The van der Waals surface area contributed by atoms with Gasteiger partial charge in [0.2, 0.25) is 0 Å². The Morgan fingerprint density at radius 1 is 1.15 bits per heavy atom. The predicted octanol–water partition coefficient (Wildman–Crippen LogP) is 4.43. The lowest BCUT2D eigenvalue weighted by molar-refractivity contribution is 0.101. The first-order valence-electron chi connectivity index (χ1n) is 6.21. The maximum atomic E-state index is 11.4. The molecule has 0 saturated carbocycles. The lowest BCUT2D eigenvalue weighted by Gasteiger charge is -2.20. The van der Waals surface area contributed by atoms with E-state index in [1.807, 2.05) is 54.4 Å². The molecular weight excluding hydrogens is 318 g/mol. The minimum atomic E-state index is 0.0486. The summed E-state index contributed by atoms with van der Waals surface area (Å²) in [6.45, 7) is 1.56. The number of methoxy groups -OCH3 is 1. The van der Waals surface area contributed by atoms with Gasteiger partial charge in [-0.1, -0.05) is 6.07 Å². The number of anilines is 2. The molecule has 0 aliphatic heterocycles. The lowest BCUT2D eigenvalue weighted by Crippen LogP contribution is -2.10. The van der Waals surface area contributed by atoms with E-state index in [0.717, 1.165) is 21.6 Å². The average molecular weight is 334 g/mol. The Balaban J connectivity index is 2.35. The molecule has 104 valence electrons. The molecule has 0 aliphatic carbocycles. The standard InChI is InChI=1S/C16H16BrNO2/c1-11(19)15-8-7-13(10-16(15)17)18(2)12-5-4-6-14(9-12)20-3/h4-10H,1-3H3. The highest BCUT2D eigenvalue weighted by Crippen LogP contribution is 2.30. The smallest absolute Gasteiger partial charge is 0.160 e. The molecule has 2 aromatic rings. The highest BCUT2D eigenvalue weighted by Gasteiger charge is 2.10. The molecule has 0 N–H and O–H groups in total. The number of ether oxygens (including phenoxy) is 1. The van der Waals surface area contributed by atoms with Gasteiger partial charge in [-0.15, -0.1) is 0 Å². The van der Waals surface area contributed by atoms with Crippen molar-refractivity contribution >= 4 is 33.1 Å². The summed E-state index contributed by atoms with van der Waals surface area (Å²) in [4.78, 5) is 13.5. The summed E-state index contributed by atoms with van der Waals surface area (Å²) in [5.74, 6) is 0.862. The van der Waals surface area contributed by atoms with Gasteiger partial charge >= 0.3 is 0 Å². The van der Waals surface area contributed by atoms with Crippen molar-refractivity contribution in [1.29, 1.82) is 0 Å². The van der Waals surface area contributed by atoms with Crippen LogP contribution in [0, 0.1) is 0 Å². The van der Waals surface area contributed by atoms with Crippen molar-refractivity contribution in [2.24, 2.45) is 0 Å². The maximum Gasteiger partial charge on any atom is 0.160 e. The van der Waals surface area contributed by atoms with Crippen molar-refractivity contribution < 1.29 is 9.53 Å². The number of halogens is 1. The Kier molecular flexibility index (Phi) is 4.45. The van der Waals surface area contributed by atoms with Crippen LogP contribution in [0.25, 0.3) is 0 Å². The van der Waals surface area contributed by atoms with Crippen molar-refractivity contribution in [1.82, 2.24) is 0 Å². The third kappa shape index (κ3) is 3.02. The van der Waals surface area contributed by atoms with Crippen LogP contribution in [0.15, 0.2) is 46.9 Å². The van der Waals surface area contributed by atoms with E-state index in [4.69, 9.17) is 4.74 Å². The van der Waals surface area contributed by atoms with E-state index >= 15 is 0 Å². The summed E-state index contributed by atoms with van der Waals surface area (Å²) >= 11 is 3.44. The van der Waals surface area contributed by atoms with Crippen molar-refractivity contribution in [3.63, 3.8) is 0 Å². The van der Waals surface area contributed by atoms with Gasteiger partial charge in [0, 0.05) is 34.5 Å². The predicted molar refractivity (Wildman–Crippen MR) is 85.2 cm³/mol. The van der Waals surface area contributed by atoms with E-state index in [-0.39, 0.29) is 5.78 Å². The number of benzene rings is 2. The van der Waals surface area contributed by atoms with E-state index in [1.54, 1.807) is 14.0 Å². The average Bonchev–Trinajstić information content (AvgIpc) is 2.46. The van der Waals surface area contributed by atoms with Crippen molar-refractivity contribution in [2.45, 2.75) is 6.92 Å². The van der Waals surface area contributed by atoms with Gasteiger partial charge in [0.1, 0.15) is 5.75 Å².